The molecule has 0 radical (unpaired) electrons. The molecule has 0 bridgehead atoms. The van der Waals surface area contributed by atoms with Gasteiger partial charge in [-0.2, -0.15) is 0 Å². The number of hydrogen-bond donors (Lipinski definition) is 0. The standard InChI is InChI=1S/C18H26N2O2/c1-4-14-11-15-16(19-22-18(15)12-17(14)21-3)6-5-13-7-9-20(2)10-8-13/h11-13H,4-10H2,1-3H3. The number of nitrogens with zero attached hydrogens (tertiary/aromatic N) is 2. The molecule has 0 saturated carbocycles. The molecular weight excluding hydrogens is 276 g/mol. The number of benzene rings is 1. The number of piperidine rings is 1. The number of likely N-dealkylation sites (tertiary alicyclic amines) is 1. The predicted octanol–water partition coefficient (Wildman–Crippen LogP) is 3.67. The van der Waals surface area contributed by atoms with Crippen LogP contribution in [-0.2, 0) is 12.8 Å². The number of aryl methyl sites for hydroxylation is 2. The highest BCUT2D eigenvalue weighted by Gasteiger charge is 2.18. The first kappa shape index (κ1) is 15.3. The van der Waals surface area contributed by atoms with Crippen molar-refractivity contribution in [3.8, 4) is 5.75 Å². The summed E-state index contributed by atoms with van der Waals surface area (Å²) in [6, 6.07) is 4.16. The minimum Gasteiger partial charge on any atom is -0.496 e. The highest BCUT2D eigenvalue weighted by molar-refractivity contribution is 5.82. The molecule has 0 amide bonds. The van der Waals surface area contributed by atoms with E-state index in [2.05, 4.69) is 30.1 Å². The van der Waals surface area contributed by atoms with E-state index >= 15 is 0 Å². The van der Waals surface area contributed by atoms with Gasteiger partial charge in [0.25, 0.3) is 0 Å². The van der Waals surface area contributed by atoms with Crippen molar-refractivity contribution in [2.24, 2.45) is 5.92 Å². The van der Waals surface area contributed by atoms with E-state index in [-0.39, 0.29) is 0 Å². The Morgan fingerprint density at radius 1 is 1.32 bits per heavy atom. The Bertz CT molecular complexity index is 627. The SMILES string of the molecule is CCc1cc2c(CCC3CCN(C)CC3)noc2cc1OC. The fourth-order valence-corrected chi connectivity index (χ4v) is 3.40. The molecule has 120 valence electrons. The minimum atomic E-state index is 0.826. The van der Waals surface area contributed by atoms with Gasteiger partial charge in [-0.3, -0.25) is 0 Å². The normalized spacial score (nSPS) is 17.2. The molecule has 1 aromatic heterocycles. The summed E-state index contributed by atoms with van der Waals surface area (Å²) in [5, 5.41) is 5.46. The number of ether oxygens (including phenoxy) is 1. The molecule has 2 aromatic rings. The molecule has 3 rings (SSSR count). The van der Waals surface area contributed by atoms with Crippen LogP contribution in [0.4, 0.5) is 0 Å². The summed E-state index contributed by atoms with van der Waals surface area (Å²) in [4.78, 5) is 2.42. The first-order chi connectivity index (χ1) is 10.7. The summed E-state index contributed by atoms with van der Waals surface area (Å²) < 4.78 is 10.9. The van der Waals surface area contributed by atoms with E-state index in [1.165, 1.54) is 37.9 Å². The van der Waals surface area contributed by atoms with Gasteiger partial charge in [-0.15, -0.1) is 0 Å². The van der Waals surface area contributed by atoms with Gasteiger partial charge in [-0.05, 0) is 69.8 Å². The molecule has 1 fully saturated rings. The molecule has 2 heterocycles. The second-order valence-corrected chi connectivity index (χ2v) is 6.43. The van der Waals surface area contributed by atoms with E-state index in [9.17, 15) is 0 Å². The van der Waals surface area contributed by atoms with Crippen molar-refractivity contribution in [2.45, 2.75) is 39.0 Å². The van der Waals surface area contributed by atoms with Crippen LogP contribution < -0.4 is 4.74 Å². The third-order valence-electron chi connectivity index (χ3n) is 4.96. The topological polar surface area (TPSA) is 38.5 Å². The predicted molar refractivity (Wildman–Crippen MR) is 88.5 cm³/mol. The molecule has 0 N–H and O–H groups in total. The van der Waals surface area contributed by atoms with Gasteiger partial charge in [-0.25, -0.2) is 0 Å². The van der Waals surface area contributed by atoms with Crippen LogP contribution in [0.5, 0.6) is 5.75 Å². The Kier molecular flexibility index (Phi) is 4.67. The summed E-state index contributed by atoms with van der Waals surface area (Å²) in [5.74, 6) is 1.72. The Morgan fingerprint density at radius 2 is 2.09 bits per heavy atom. The van der Waals surface area contributed by atoms with Crippen LogP contribution in [-0.4, -0.2) is 37.3 Å². The maximum atomic E-state index is 5.51. The third kappa shape index (κ3) is 3.12. The minimum absolute atomic E-state index is 0.826. The van der Waals surface area contributed by atoms with E-state index in [0.29, 0.717) is 0 Å². The summed E-state index contributed by atoms with van der Waals surface area (Å²) in [6.07, 6.45) is 5.79. The number of rotatable bonds is 5. The molecule has 0 atom stereocenters. The Morgan fingerprint density at radius 3 is 2.77 bits per heavy atom. The van der Waals surface area contributed by atoms with E-state index in [1.54, 1.807) is 7.11 Å². The van der Waals surface area contributed by atoms with Gasteiger partial charge in [0.2, 0.25) is 0 Å². The van der Waals surface area contributed by atoms with Crippen LogP contribution >= 0.6 is 0 Å². The van der Waals surface area contributed by atoms with Gasteiger partial charge in [0.05, 0.1) is 12.8 Å². The maximum Gasteiger partial charge on any atom is 0.170 e. The quantitative estimate of drug-likeness (QED) is 0.844. The van der Waals surface area contributed by atoms with Crippen LogP contribution in [0.3, 0.4) is 0 Å². The summed E-state index contributed by atoms with van der Waals surface area (Å²) in [5.41, 5.74) is 3.16. The molecule has 4 heteroatoms. The molecular formula is C18H26N2O2. The molecule has 1 aliphatic rings. The van der Waals surface area contributed by atoms with Crippen molar-refractivity contribution in [1.82, 2.24) is 10.1 Å². The summed E-state index contributed by atoms with van der Waals surface area (Å²) >= 11 is 0. The van der Waals surface area contributed by atoms with Crippen LogP contribution in [0.1, 0.15) is 37.4 Å². The molecule has 22 heavy (non-hydrogen) atoms. The fraction of sp³-hybridized carbons (Fsp3) is 0.611. The van der Waals surface area contributed by atoms with Gasteiger partial charge >= 0.3 is 0 Å². The zero-order chi connectivity index (χ0) is 15.5. The zero-order valence-electron chi connectivity index (χ0n) is 13.9. The highest BCUT2D eigenvalue weighted by Crippen LogP contribution is 2.30. The third-order valence-corrected chi connectivity index (χ3v) is 4.96. The van der Waals surface area contributed by atoms with E-state index in [0.717, 1.165) is 41.2 Å². The molecule has 0 unspecified atom stereocenters. The summed E-state index contributed by atoms with van der Waals surface area (Å²) in [6.45, 7) is 4.60. The fourth-order valence-electron chi connectivity index (χ4n) is 3.40. The lowest BCUT2D eigenvalue weighted by Gasteiger charge is -2.28. The first-order valence-electron chi connectivity index (χ1n) is 8.35. The number of fused-ring (bicyclic) bond motifs is 1. The average molecular weight is 302 g/mol. The second-order valence-electron chi connectivity index (χ2n) is 6.43. The zero-order valence-corrected chi connectivity index (χ0v) is 13.9. The molecule has 4 nitrogen and oxygen atoms in total. The lowest BCUT2D eigenvalue weighted by atomic mass is 9.91. The maximum absolute atomic E-state index is 5.51. The summed E-state index contributed by atoms with van der Waals surface area (Å²) in [7, 11) is 3.92. The van der Waals surface area contributed by atoms with Crippen LogP contribution in [0.2, 0.25) is 0 Å². The van der Waals surface area contributed by atoms with Crippen molar-refractivity contribution >= 4 is 11.0 Å². The van der Waals surface area contributed by atoms with Crippen molar-refractivity contribution in [3.63, 3.8) is 0 Å². The average Bonchev–Trinajstić information content (AvgIpc) is 2.95. The largest absolute Gasteiger partial charge is 0.496 e. The molecule has 0 spiro atoms. The van der Waals surface area contributed by atoms with Crippen LogP contribution in [0.25, 0.3) is 11.0 Å². The highest BCUT2D eigenvalue weighted by atomic mass is 16.5. The van der Waals surface area contributed by atoms with Gasteiger partial charge in [0.1, 0.15) is 5.75 Å². The van der Waals surface area contributed by atoms with Gasteiger partial charge in [0, 0.05) is 11.5 Å². The Balaban J connectivity index is 1.74. The molecule has 1 aliphatic heterocycles. The van der Waals surface area contributed by atoms with Crippen LogP contribution in [0.15, 0.2) is 16.7 Å². The molecule has 0 aliphatic carbocycles. The van der Waals surface area contributed by atoms with E-state index < -0.39 is 0 Å². The molecule has 1 aromatic carbocycles. The lowest BCUT2D eigenvalue weighted by Crippen LogP contribution is -2.30. The second kappa shape index (κ2) is 6.69. The number of aromatic nitrogens is 1. The van der Waals surface area contributed by atoms with Crippen molar-refractivity contribution in [1.29, 1.82) is 0 Å². The van der Waals surface area contributed by atoms with E-state index in [1.807, 2.05) is 6.07 Å². The smallest absolute Gasteiger partial charge is 0.170 e. The van der Waals surface area contributed by atoms with Crippen molar-refractivity contribution in [2.75, 3.05) is 27.2 Å². The Hall–Kier alpha value is -1.55. The monoisotopic (exact) mass is 302 g/mol. The lowest BCUT2D eigenvalue weighted by molar-refractivity contribution is 0.212. The Labute approximate surface area is 132 Å². The molecule has 1 saturated heterocycles. The van der Waals surface area contributed by atoms with Gasteiger partial charge < -0.3 is 14.2 Å². The van der Waals surface area contributed by atoms with Crippen molar-refractivity contribution < 1.29 is 9.26 Å². The number of hydrogen-bond acceptors (Lipinski definition) is 4. The van der Waals surface area contributed by atoms with Crippen molar-refractivity contribution in [3.05, 3.63) is 23.4 Å². The first-order valence-corrected chi connectivity index (χ1v) is 8.35. The van der Waals surface area contributed by atoms with Crippen LogP contribution in [0, 0.1) is 5.92 Å². The van der Waals surface area contributed by atoms with Gasteiger partial charge in [0.15, 0.2) is 5.58 Å². The number of methoxy groups -OCH3 is 1. The van der Waals surface area contributed by atoms with E-state index in [4.69, 9.17) is 9.26 Å². The van der Waals surface area contributed by atoms with Gasteiger partial charge in [-0.1, -0.05) is 12.1 Å².